The number of hydrogen-bond donors (Lipinski definition) is 1. The molecule has 1 atom stereocenters. The monoisotopic (exact) mass is 345 g/mol. The SMILES string of the molecule is COc1ccccc1C1CNCCN1C(=O)Cn1ccc([N+](=O)[O-])n1. The fourth-order valence-corrected chi connectivity index (χ4v) is 2.99. The van der Waals surface area contributed by atoms with Crippen molar-refractivity contribution in [2.45, 2.75) is 12.6 Å². The van der Waals surface area contributed by atoms with E-state index in [1.54, 1.807) is 12.0 Å². The first-order chi connectivity index (χ1) is 12.1. The van der Waals surface area contributed by atoms with Crippen LogP contribution in [0.3, 0.4) is 0 Å². The minimum absolute atomic E-state index is 0.0422. The van der Waals surface area contributed by atoms with Gasteiger partial charge in [-0.2, -0.15) is 4.68 Å². The van der Waals surface area contributed by atoms with Crippen LogP contribution in [0.1, 0.15) is 11.6 Å². The molecular formula is C16H19N5O4. The summed E-state index contributed by atoms with van der Waals surface area (Å²) in [5.74, 6) is 0.313. The van der Waals surface area contributed by atoms with Crippen molar-refractivity contribution in [3.05, 3.63) is 52.2 Å². The number of benzene rings is 1. The number of nitro groups is 1. The molecule has 0 radical (unpaired) electrons. The van der Waals surface area contributed by atoms with Gasteiger partial charge in [0.25, 0.3) is 0 Å². The summed E-state index contributed by atoms with van der Waals surface area (Å²) in [6, 6.07) is 8.71. The largest absolute Gasteiger partial charge is 0.496 e. The molecule has 3 rings (SSSR count). The number of aromatic nitrogens is 2. The van der Waals surface area contributed by atoms with Gasteiger partial charge in [0.05, 0.1) is 30.5 Å². The molecule has 1 aromatic carbocycles. The van der Waals surface area contributed by atoms with Crippen LogP contribution in [0.2, 0.25) is 0 Å². The summed E-state index contributed by atoms with van der Waals surface area (Å²) in [6.07, 6.45) is 1.44. The number of amides is 1. The molecule has 0 spiro atoms. The minimum Gasteiger partial charge on any atom is -0.496 e. The molecule has 0 aliphatic carbocycles. The Hall–Kier alpha value is -2.94. The Morgan fingerprint density at radius 3 is 2.96 bits per heavy atom. The molecule has 1 aliphatic heterocycles. The van der Waals surface area contributed by atoms with Gasteiger partial charge >= 0.3 is 5.82 Å². The first-order valence-electron chi connectivity index (χ1n) is 7.91. The van der Waals surface area contributed by atoms with Crippen molar-refractivity contribution < 1.29 is 14.5 Å². The smallest absolute Gasteiger partial charge is 0.389 e. The van der Waals surface area contributed by atoms with E-state index >= 15 is 0 Å². The van der Waals surface area contributed by atoms with E-state index in [4.69, 9.17) is 4.74 Å². The maximum Gasteiger partial charge on any atom is 0.389 e. The van der Waals surface area contributed by atoms with E-state index in [9.17, 15) is 14.9 Å². The third kappa shape index (κ3) is 3.61. The molecule has 9 heteroatoms. The van der Waals surface area contributed by atoms with E-state index in [-0.39, 0.29) is 24.3 Å². The van der Waals surface area contributed by atoms with E-state index < -0.39 is 4.92 Å². The van der Waals surface area contributed by atoms with Gasteiger partial charge in [0.2, 0.25) is 5.91 Å². The van der Waals surface area contributed by atoms with E-state index in [0.29, 0.717) is 19.6 Å². The van der Waals surface area contributed by atoms with Crippen LogP contribution in [-0.4, -0.2) is 52.3 Å². The number of hydrogen-bond acceptors (Lipinski definition) is 6. The lowest BCUT2D eigenvalue weighted by Gasteiger charge is -2.37. The van der Waals surface area contributed by atoms with Crippen molar-refractivity contribution in [1.29, 1.82) is 0 Å². The Labute approximate surface area is 144 Å². The zero-order chi connectivity index (χ0) is 17.8. The summed E-state index contributed by atoms with van der Waals surface area (Å²) in [6.45, 7) is 1.81. The van der Waals surface area contributed by atoms with Crippen molar-refractivity contribution in [2.24, 2.45) is 0 Å². The molecule has 25 heavy (non-hydrogen) atoms. The molecule has 2 heterocycles. The van der Waals surface area contributed by atoms with Crippen LogP contribution in [0.15, 0.2) is 36.5 Å². The van der Waals surface area contributed by atoms with Crippen LogP contribution < -0.4 is 10.1 Å². The molecule has 0 saturated carbocycles. The predicted molar refractivity (Wildman–Crippen MR) is 89.2 cm³/mol. The Kier molecular flexibility index (Phi) is 4.94. The second-order valence-electron chi connectivity index (χ2n) is 5.68. The number of carbonyl (C=O) groups excluding carboxylic acids is 1. The molecule has 1 fully saturated rings. The van der Waals surface area contributed by atoms with Gasteiger partial charge in [-0.05, 0) is 11.0 Å². The van der Waals surface area contributed by atoms with Gasteiger partial charge in [-0.1, -0.05) is 18.2 Å². The third-order valence-corrected chi connectivity index (χ3v) is 4.17. The number of ether oxygens (including phenoxy) is 1. The van der Waals surface area contributed by atoms with Crippen molar-refractivity contribution in [1.82, 2.24) is 20.0 Å². The van der Waals surface area contributed by atoms with Crippen LogP contribution in [0, 0.1) is 10.1 Å². The van der Waals surface area contributed by atoms with E-state index in [1.807, 2.05) is 24.3 Å². The zero-order valence-electron chi connectivity index (χ0n) is 13.8. The second kappa shape index (κ2) is 7.31. The summed E-state index contributed by atoms with van der Waals surface area (Å²) in [4.78, 5) is 24.7. The number of rotatable bonds is 5. The first kappa shape index (κ1) is 16.9. The highest BCUT2D eigenvalue weighted by molar-refractivity contribution is 5.77. The molecule has 1 N–H and O–H groups in total. The first-order valence-corrected chi connectivity index (χ1v) is 7.91. The summed E-state index contributed by atoms with van der Waals surface area (Å²) in [7, 11) is 1.60. The van der Waals surface area contributed by atoms with Crippen LogP contribution in [0.25, 0.3) is 0 Å². The molecule has 9 nitrogen and oxygen atoms in total. The van der Waals surface area contributed by atoms with Gasteiger partial charge in [-0.15, -0.1) is 0 Å². The van der Waals surface area contributed by atoms with Gasteiger partial charge < -0.3 is 25.1 Å². The number of carbonyl (C=O) groups is 1. The molecule has 1 saturated heterocycles. The number of nitrogens with one attached hydrogen (secondary N) is 1. The minimum atomic E-state index is -0.580. The molecule has 1 amide bonds. The highest BCUT2D eigenvalue weighted by atomic mass is 16.6. The van der Waals surface area contributed by atoms with Crippen molar-refractivity contribution in [3.8, 4) is 5.75 Å². The van der Waals surface area contributed by atoms with Gasteiger partial charge in [-0.3, -0.25) is 4.79 Å². The van der Waals surface area contributed by atoms with Crippen LogP contribution >= 0.6 is 0 Å². The highest BCUT2D eigenvalue weighted by Crippen LogP contribution is 2.30. The number of para-hydroxylation sites is 1. The van der Waals surface area contributed by atoms with Crippen molar-refractivity contribution in [3.63, 3.8) is 0 Å². The molecular weight excluding hydrogens is 326 g/mol. The number of piperazine rings is 1. The van der Waals surface area contributed by atoms with Crippen LogP contribution in [0.4, 0.5) is 5.82 Å². The third-order valence-electron chi connectivity index (χ3n) is 4.17. The van der Waals surface area contributed by atoms with Crippen molar-refractivity contribution in [2.75, 3.05) is 26.7 Å². The van der Waals surface area contributed by atoms with E-state index in [2.05, 4.69) is 10.4 Å². The van der Waals surface area contributed by atoms with Gasteiger partial charge in [0.15, 0.2) is 0 Å². The maximum atomic E-state index is 12.8. The fraction of sp³-hybridized carbons (Fsp3) is 0.375. The second-order valence-corrected chi connectivity index (χ2v) is 5.68. The van der Waals surface area contributed by atoms with Gasteiger partial charge in [0, 0.05) is 25.2 Å². The summed E-state index contributed by atoms with van der Waals surface area (Å²) in [5.41, 5.74) is 0.928. The molecule has 1 unspecified atom stereocenters. The Morgan fingerprint density at radius 1 is 1.44 bits per heavy atom. The number of methoxy groups -OCH3 is 1. The summed E-state index contributed by atoms with van der Waals surface area (Å²) >= 11 is 0. The molecule has 2 aromatic rings. The average Bonchev–Trinajstić information content (AvgIpc) is 3.10. The molecule has 0 bridgehead atoms. The zero-order valence-corrected chi connectivity index (χ0v) is 13.8. The predicted octanol–water partition coefficient (Wildman–Crippen LogP) is 0.973. The fourth-order valence-electron chi connectivity index (χ4n) is 2.99. The molecule has 132 valence electrons. The lowest BCUT2D eigenvalue weighted by molar-refractivity contribution is -0.389. The lowest BCUT2D eigenvalue weighted by Crippen LogP contribution is -2.49. The Bertz CT molecular complexity index is 775. The van der Waals surface area contributed by atoms with Crippen molar-refractivity contribution >= 4 is 11.7 Å². The normalized spacial score (nSPS) is 17.3. The lowest BCUT2D eigenvalue weighted by atomic mass is 10.0. The average molecular weight is 345 g/mol. The Balaban J connectivity index is 1.80. The van der Waals surface area contributed by atoms with E-state index in [0.717, 1.165) is 11.3 Å². The summed E-state index contributed by atoms with van der Waals surface area (Å²) in [5, 5.41) is 17.8. The standard InChI is InChI=1S/C16H19N5O4/c1-25-14-5-3-2-4-12(14)13-10-17-7-9-20(13)16(22)11-19-8-6-15(18-19)21(23)24/h2-6,8,13,17H,7,9-11H2,1H3. The highest BCUT2D eigenvalue weighted by Gasteiger charge is 2.30. The maximum absolute atomic E-state index is 12.8. The van der Waals surface area contributed by atoms with Crippen LogP contribution in [-0.2, 0) is 11.3 Å². The van der Waals surface area contributed by atoms with E-state index in [1.165, 1.54) is 16.9 Å². The van der Waals surface area contributed by atoms with Crippen LogP contribution in [0.5, 0.6) is 5.75 Å². The summed E-state index contributed by atoms with van der Waals surface area (Å²) < 4.78 is 6.71. The quantitative estimate of drug-likeness (QED) is 0.640. The number of nitrogens with zero attached hydrogens (tertiary/aromatic N) is 4. The van der Waals surface area contributed by atoms with Gasteiger partial charge in [0.1, 0.15) is 12.3 Å². The molecule has 1 aromatic heterocycles. The van der Waals surface area contributed by atoms with Gasteiger partial charge in [-0.25, -0.2) is 0 Å². The molecule has 1 aliphatic rings. The topological polar surface area (TPSA) is 103 Å². The Morgan fingerprint density at radius 2 is 2.24 bits per heavy atom.